The molecular formula is C13H20N2O. The maximum Gasteiger partial charge on any atom is 0.119 e. The first-order valence-electron chi connectivity index (χ1n) is 5.72. The highest BCUT2D eigenvalue weighted by Crippen LogP contribution is 2.32. The lowest BCUT2D eigenvalue weighted by atomic mass is 9.84. The Bertz CT molecular complexity index is 376. The minimum Gasteiger partial charge on any atom is -0.497 e. The number of nitrogens with two attached hydrogens (primary N) is 1. The summed E-state index contributed by atoms with van der Waals surface area (Å²) in [4.78, 5) is 2.22. The summed E-state index contributed by atoms with van der Waals surface area (Å²) in [6.07, 6.45) is 2.21. The zero-order valence-electron chi connectivity index (χ0n) is 10.2. The Morgan fingerprint density at radius 2 is 2.12 bits per heavy atom. The van der Waals surface area contributed by atoms with Crippen molar-refractivity contribution in [1.82, 2.24) is 4.90 Å². The van der Waals surface area contributed by atoms with Gasteiger partial charge in [-0.3, -0.25) is 0 Å². The first-order chi connectivity index (χ1) is 7.63. The molecule has 0 amide bonds. The molecule has 2 rings (SSSR count). The molecule has 1 aromatic carbocycles. The molecule has 88 valence electrons. The highest BCUT2D eigenvalue weighted by Gasteiger charge is 2.28. The zero-order chi connectivity index (χ0) is 11.7. The largest absolute Gasteiger partial charge is 0.497 e. The number of hydrogen-bond acceptors (Lipinski definition) is 3. The lowest BCUT2D eigenvalue weighted by molar-refractivity contribution is 0.231. The van der Waals surface area contributed by atoms with E-state index in [0.29, 0.717) is 6.04 Å². The van der Waals surface area contributed by atoms with Crippen LogP contribution < -0.4 is 10.5 Å². The molecule has 1 aromatic rings. The summed E-state index contributed by atoms with van der Waals surface area (Å²) in [7, 11) is 5.89. The second-order valence-corrected chi connectivity index (χ2v) is 4.66. The van der Waals surface area contributed by atoms with Crippen LogP contribution in [0.25, 0.3) is 0 Å². The molecule has 2 unspecified atom stereocenters. The van der Waals surface area contributed by atoms with E-state index in [1.165, 1.54) is 11.1 Å². The average Bonchev–Trinajstić information content (AvgIpc) is 2.28. The number of rotatable bonds is 2. The van der Waals surface area contributed by atoms with Crippen molar-refractivity contribution in [3.63, 3.8) is 0 Å². The van der Waals surface area contributed by atoms with Gasteiger partial charge in [0.25, 0.3) is 0 Å². The Balaban J connectivity index is 2.31. The Morgan fingerprint density at radius 1 is 1.38 bits per heavy atom. The highest BCUT2D eigenvalue weighted by molar-refractivity contribution is 5.39. The molecule has 0 spiro atoms. The molecule has 0 saturated carbocycles. The van der Waals surface area contributed by atoms with Gasteiger partial charge in [-0.1, -0.05) is 6.07 Å². The lowest BCUT2D eigenvalue weighted by Gasteiger charge is -2.35. The molecule has 0 radical (unpaired) electrons. The van der Waals surface area contributed by atoms with Crippen molar-refractivity contribution in [3.8, 4) is 5.75 Å². The Morgan fingerprint density at radius 3 is 2.75 bits per heavy atom. The van der Waals surface area contributed by atoms with E-state index in [9.17, 15) is 0 Å². The Hall–Kier alpha value is -1.06. The molecule has 3 nitrogen and oxygen atoms in total. The van der Waals surface area contributed by atoms with Gasteiger partial charge in [0.1, 0.15) is 5.75 Å². The monoisotopic (exact) mass is 220 g/mol. The van der Waals surface area contributed by atoms with E-state index < -0.39 is 0 Å². The zero-order valence-corrected chi connectivity index (χ0v) is 10.2. The summed E-state index contributed by atoms with van der Waals surface area (Å²) in [6, 6.07) is 6.78. The van der Waals surface area contributed by atoms with Gasteiger partial charge in [-0.25, -0.2) is 0 Å². The van der Waals surface area contributed by atoms with Gasteiger partial charge in [-0.2, -0.15) is 0 Å². The van der Waals surface area contributed by atoms with Gasteiger partial charge in [-0.15, -0.1) is 0 Å². The van der Waals surface area contributed by atoms with Gasteiger partial charge in [0.15, 0.2) is 0 Å². The topological polar surface area (TPSA) is 38.5 Å². The molecule has 0 saturated heterocycles. The van der Waals surface area contributed by atoms with Crippen molar-refractivity contribution in [2.75, 3.05) is 21.2 Å². The quantitative estimate of drug-likeness (QED) is 0.822. The van der Waals surface area contributed by atoms with E-state index >= 15 is 0 Å². The number of nitrogens with zero attached hydrogens (tertiary/aromatic N) is 1. The summed E-state index contributed by atoms with van der Waals surface area (Å²) < 4.78 is 5.24. The summed E-state index contributed by atoms with van der Waals surface area (Å²) in [5.41, 5.74) is 8.91. The van der Waals surface area contributed by atoms with Crippen LogP contribution in [0.5, 0.6) is 5.75 Å². The van der Waals surface area contributed by atoms with E-state index in [-0.39, 0.29) is 6.04 Å². The van der Waals surface area contributed by atoms with E-state index in [2.05, 4.69) is 31.1 Å². The fraction of sp³-hybridized carbons (Fsp3) is 0.538. The van der Waals surface area contributed by atoms with Crippen LogP contribution in [0.15, 0.2) is 18.2 Å². The number of methoxy groups -OCH3 is 1. The smallest absolute Gasteiger partial charge is 0.119 e. The van der Waals surface area contributed by atoms with Crippen molar-refractivity contribution in [2.45, 2.75) is 24.9 Å². The van der Waals surface area contributed by atoms with Crippen LogP contribution in [0.3, 0.4) is 0 Å². The molecule has 0 fully saturated rings. The van der Waals surface area contributed by atoms with Gasteiger partial charge in [0.2, 0.25) is 0 Å². The van der Waals surface area contributed by atoms with E-state index in [4.69, 9.17) is 10.5 Å². The first-order valence-corrected chi connectivity index (χ1v) is 5.72. The maximum absolute atomic E-state index is 6.30. The predicted octanol–water partition coefficient (Wildman–Crippen LogP) is 1.57. The van der Waals surface area contributed by atoms with Crippen molar-refractivity contribution in [2.24, 2.45) is 5.73 Å². The molecule has 2 atom stereocenters. The predicted molar refractivity (Wildman–Crippen MR) is 65.7 cm³/mol. The molecule has 0 aliphatic heterocycles. The van der Waals surface area contributed by atoms with Crippen LogP contribution >= 0.6 is 0 Å². The Labute approximate surface area is 97.2 Å². The lowest BCUT2D eigenvalue weighted by Crippen LogP contribution is -2.41. The van der Waals surface area contributed by atoms with E-state index in [1.807, 2.05) is 6.07 Å². The third-order valence-electron chi connectivity index (χ3n) is 3.50. The minimum absolute atomic E-state index is 0.115. The molecule has 0 aromatic heterocycles. The molecule has 1 aliphatic rings. The Kier molecular flexibility index (Phi) is 3.17. The number of ether oxygens (including phenoxy) is 1. The average molecular weight is 220 g/mol. The van der Waals surface area contributed by atoms with Crippen LogP contribution in [-0.2, 0) is 6.42 Å². The van der Waals surface area contributed by atoms with Gasteiger partial charge >= 0.3 is 0 Å². The third kappa shape index (κ3) is 1.93. The number of hydrogen-bond donors (Lipinski definition) is 1. The van der Waals surface area contributed by atoms with Gasteiger partial charge in [-0.05, 0) is 50.2 Å². The van der Waals surface area contributed by atoms with Gasteiger partial charge in [0.05, 0.1) is 7.11 Å². The fourth-order valence-electron chi connectivity index (χ4n) is 2.52. The van der Waals surface area contributed by atoms with E-state index in [0.717, 1.165) is 18.6 Å². The molecule has 0 bridgehead atoms. The summed E-state index contributed by atoms with van der Waals surface area (Å²) >= 11 is 0. The van der Waals surface area contributed by atoms with Crippen molar-refractivity contribution < 1.29 is 4.74 Å². The molecular weight excluding hydrogens is 200 g/mol. The maximum atomic E-state index is 6.30. The molecule has 16 heavy (non-hydrogen) atoms. The minimum atomic E-state index is 0.115. The second-order valence-electron chi connectivity index (χ2n) is 4.66. The van der Waals surface area contributed by atoms with Gasteiger partial charge < -0.3 is 15.4 Å². The van der Waals surface area contributed by atoms with Crippen molar-refractivity contribution >= 4 is 0 Å². The van der Waals surface area contributed by atoms with E-state index in [1.54, 1.807) is 7.11 Å². The normalized spacial score (nSPS) is 24.3. The standard InChI is InChI=1S/C13H20N2O/c1-15(2)12-7-4-9-8-10(16-3)5-6-11(9)13(12)14/h5-6,8,12-13H,4,7,14H2,1-3H3. The molecule has 2 N–H and O–H groups in total. The molecule has 0 heterocycles. The highest BCUT2D eigenvalue weighted by atomic mass is 16.5. The number of likely N-dealkylation sites (N-methyl/N-ethyl adjacent to an activating group) is 1. The number of fused-ring (bicyclic) bond motifs is 1. The van der Waals surface area contributed by atoms with Crippen LogP contribution in [-0.4, -0.2) is 32.1 Å². The van der Waals surface area contributed by atoms with Gasteiger partial charge in [0, 0.05) is 12.1 Å². The first kappa shape index (κ1) is 11.4. The van der Waals surface area contributed by atoms with Crippen molar-refractivity contribution in [3.05, 3.63) is 29.3 Å². The summed E-state index contributed by atoms with van der Waals surface area (Å²) in [6.45, 7) is 0. The SMILES string of the molecule is COc1ccc2c(c1)CCC(N(C)C)C2N. The van der Waals surface area contributed by atoms with Crippen LogP contribution in [0.2, 0.25) is 0 Å². The molecule has 3 heteroatoms. The summed E-state index contributed by atoms with van der Waals surface area (Å²) in [5.74, 6) is 0.925. The second kappa shape index (κ2) is 4.44. The number of aryl methyl sites for hydroxylation is 1. The fourth-order valence-corrected chi connectivity index (χ4v) is 2.52. The van der Waals surface area contributed by atoms with Crippen LogP contribution in [0.4, 0.5) is 0 Å². The van der Waals surface area contributed by atoms with Crippen molar-refractivity contribution in [1.29, 1.82) is 0 Å². The van der Waals surface area contributed by atoms with Crippen LogP contribution in [0, 0.1) is 0 Å². The summed E-state index contributed by atoms with van der Waals surface area (Å²) in [5, 5.41) is 0. The third-order valence-corrected chi connectivity index (χ3v) is 3.50. The molecule has 1 aliphatic carbocycles. The van der Waals surface area contributed by atoms with Crippen LogP contribution in [0.1, 0.15) is 23.6 Å². The number of benzene rings is 1.